The molecule has 0 aliphatic heterocycles. The van der Waals surface area contributed by atoms with Crippen molar-refractivity contribution in [1.82, 2.24) is 8.97 Å². The summed E-state index contributed by atoms with van der Waals surface area (Å²) in [4.78, 5) is 0. The number of hydrogen-bond donors (Lipinski definition) is 0. The van der Waals surface area contributed by atoms with Crippen LogP contribution in [0.4, 0.5) is 0 Å². The summed E-state index contributed by atoms with van der Waals surface area (Å²) in [6.07, 6.45) is 0. The normalized spacial score (nSPS) is 12.4. The van der Waals surface area contributed by atoms with Gasteiger partial charge >= 0.3 is 0 Å². The van der Waals surface area contributed by atoms with E-state index in [2.05, 4.69) is 130 Å². The Morgan fingerprint density at radius 3 is 1.67 bits per heavy atom. The summed E-state index contributed by atoms with van der Waals surface area (Å²) in [5, 5.41) is 10.4. The lowest BCUT2D eigenvalue weighted by Gasteiger charge is -2.10. The predicted molar refractivity (Wildman–Crippen MR) is 153 cm³/mol. The first-order valence-electron chi connectivity index (χ1n) is 12.5. The average molecular weight is 457 g/mol. The monoisotopic (exact) mass is 456 g/mol. The van der Waals surface area contributed by atoms with Gasteiger partial charge in [0, 0.05) is 38.0 Å². The quantitative estimate of drug-likeness (QED) is 0.233. The van der Waals surface area contributed by atoms with Crippen molar-refractivity contribution >= 4 is 70.7 Å². The van der Waals surface area contributed by atoms with Gasteiger partial charge in [-0.15, -0.1) is 0 Å². The van der Waals surface area contributed by atoms with E-state index in [1.165, 1.54) is 76.4 Å². The van der Waals surface area contributed by atoms with E-state index < -0.39 is 0 Å². The summed E-state index contributed by atoms with van der Waals surface area (Å²) < 4.78 is 4.91. The van der Waals surface area contributed by atoms with E-state index in [0.29, 0.717) is 0 Å². The topological polar surface area (TPSA) is 9.34 Å². The number of nitrogens with zero attached hydrogens (tertiary/aromatic N) is 2. The fraction of sp³-hybridized carbons (Fsp3) is 0. The van der Waals surface area contributed by atoms with E-state index >= 15 is 0 Å². The number of fused-ring (bicyclic) bond motifs is 11. The molecule has 3 heterocycles. The van der Waals surface area contributed by atoms with Gasteiger partial charge in [-0.2, -0.15) is 0 Å². The van der Waals surface area contributed by atoms with Crippen LogP contribution in [0.15, 0.2) is 121 Å². The van der Waals surface area contributed by atoms with Gasteiger partial charge in [0.05, 0.1) is 27.6 Å². The van der Waals surface area contributed by atoms with Crippen LogP contribution in [0, 0.1) is 0 Å². The Morgan fingerprint density at radius 2 is 0.944 bits per heavy atom. The minimum absolute atomic E-state index is 1.21. The van der Waals surface area contributed by atoms with Crippen LogP contribution in [-0.2, 0) is 0 Å². The summed E-state index contributed by atoms with van der Waals surface area (Å²) in [6, 6.07) is 44.5. The van der Waals surface area contributed by atoms with Crippen molar-refractivity contribution in [3.63, 3.8) is 0 Å². The molecule has 0 unspecified atom stereocenters. The molecule has 166 valence electrons. The molecule has 0 amide bonds. The third-order valence-electron chi connectivity index (χ3n) is 8.01. The molecule has 0 spiro atoms. The molecule has 0 saturated heterocycles. The Bertz CT molecular complexity index is 2260. The first kappa shape index (κ1) is 18.5. The lowest BCUT2D eigenvalue weighted by Crippen LogP contribution is -1.93. The van der Waals surface area contributed by atoms with E-state index in [1.54, 1.807) is 0 Å². The molecule has 36 heavy (non-hydrogen) atoms. The van der Waals surface area contributed by atoms with E-state index in [9.17, 15) is 0 Å². The van der Waals surface area contributed by atoms with Gasteiger partial charge in [0.25, 0.3) is 0 Å². The molecule has 0 bridgehead atoms. The second-order valence-electron chi connectivity index (χ2n) is 9.79. The molecule has 9 aromatic rings. The first-order valence-corrected chi connectivity index (χ1v) is 12.5. The molecule has 0 aliphatic carbocycles. The smallest absolute Gasteiger partial charge is 0.0622 e. The van der Waals surface area contributed by atoms with Crippen LogP contribution in [0.2, 0.25) is 0 Å². The van der Waals surface area contributed by atoms with Gasteiger partial charge in [0.2, 0.25) is 0 Å². The van der Waals surface area contributed by atoms with Gasteiger partial charge in [-0.25, -0.2) is 0 Å². The maximum atomic E-state index is 2.47. The molecule has 9 rings (SSSR count). The number of rotatable bonds is 1. The Labute approximate surface area is 206 Å². The fourth-order valence-corrected chi connectivity index (χ4v) is 6.58. The largest absolute Gasteiger partial charge is 0.309 e. The van der Waals surface area contributed by atoms with Crippen molar-refractivity contribution in [2.75, 3.05) is 0 Å². The van der Waals surface area contributed by atoms with Gasteiger partial charge in [-0.3, -0.25) is 0 Å². The molecule has 2 nitrogen and oxygen atoms in total. The van der Waals surface area contributed by atoms with E-state index in [0.717, 1.165) is 0 Å². The summed E-state index contributed by atoms with van der Waals surface area (Å²) in [5.74, 6) is 0. The second-order valence-corrected chi connectivity index (χ2v) is 9.79. The maximum Gasteiger partial charge on any atom is 0.0622 e. The van der Waals surface area contributed by atoms with Gasteiger partial charge in [0.1, 0.15) is 0 Å². The third-order valence-corrected chi connectivity index (χ3v) is 8.01. The molecule has 2 heteroatoms. The lowest BCUT2D eigenvalue weighted by atomic mass is 10.0. The zero-order chi connectivity index (χ0) is 23.4. The van der Waals surface area contributed by atoms with Crippen LogP contribution in [0.5, 0.6) is 0 Å². The molecule has 0 aliphatic rings. The molecule has 0 saturated carbocycles. The first-order chi connectivity index (χ1) is 17.9. The van der Waals surface area contributed by atoms with Gasteiger partial charge in [0.15, 0.2) is 0 Å². The number of para-hydroxylation sites is 3. The van der Waals surface area contributed by atoms with Gasteiger partial charge < -0.3 is 8.97 Å². The van der Waals surface area contributed by atoms with Crippen molar-refractivity contribution in [2.24, 2.45) is 0 Å². The van der Waals surface area contributed by atoms with Crippen molar-refractivity contribution in [3.8, 4) is 5.69 Å². The maximum absolute atomic E-state index is 2.47. The van der Waals surface area contributed by atoms with E-state index in [-0.39, 0.29) is 0 Å². The summed E-state index contributed by atoms with van der Waals surface area (Å²) in [6.45, 7) is 0. The minimum atomic E-state index is 1.21. The van der Waals surface area contributed by atoms with Crippen LogP contribution >= 0.6 is 0 Å². The Balaban J connectivity index is 1.57. The molecule has 0 N–H and O–H groups in total. The van der Waals surface area contributed by atoms with Crippen LogP contribution in [0.25, 0.3) is 76.4 Å². The number of aromatic nitrogens is 2. The van der Waals surface area contributed by atoms with Crippen molar-refractivity contribution in [3.05, 3.63) is 121 Å². The molecule has 0 radical (unpaired) electrons. The lowest BCUT2D eigenvalue weighted by molar-refractivity contribution is 1.19. The van der Waals surface area contributed by atoms with Crippen LogP contribution < -0.4 is 0 Å². The highest BCUT2D eigenvalue weighted by Gasteiger charge is 2.21. The second kappa shape index (κ2) is 6.44. The average Bonchev–Trinajstić information content (AvgIpc) is 3.57. The molecule has 0 fully saturated rings. The highest BCUT2D eigenvalue weighted by Crippen LogP contribution is 2.43. The highest BCUT2D eigenvalue weighted by atomic mass is 15.0. The molecule has 0 atom stereocenters. The zero-order valence-electron chi connectivity index (χ0n) is 19.4. The van der Waals surface area contributed by atoms with Crippen LogP contribution in [0.3, 0.4) is 0 Å². The summed E-state index contributed by atoms with van der Waals surface area (Å²) in [5.41, 5.74) is 7.54. The van der Waals surface area contributed by atoms with E-state index in [1.807, 2.05) is 0 Å². The fourth-order valence-electron chi connectivity index (χ4n) is 6.58. The summed E-state index contributed by atoms with van der Waals surface area (Å²) >= 11 is 0. The Morgan fingerprint density at radius 1 is 0.389 bits per heavy atom. The highest BCUT2D eigenvalue weighted by molar-refractivity contribution is 6.29. The standard InChI is InChI=1S/C34H20N2/c1-2-10-23-21(9-1)17-18-32-33(23)28-20-22(19-27-26-13-5-8-16-31(26)36(32)34(27)28)35-29-14-6-3-11-24(29)25-12-4-7-15-30(25)35/h1-20H. The van der Waals surface area contributed by atoms with Crippen LogP contribution in [-0.4, -0.2) is 8.97 Å². The number of hydrogen-bond acceptors (Lipinski definition) is 0. The number of benzene rings is 6. The minimum Gasteiger partial charge on any atom is -0.309 e. The van der Waals surface area contributed by atoms with Crippen LogP contribution in [0.1, 0.15) is 0 Å². The van der Waals surface area contributed by atoms with E-state index in [4.69, 9.17) is 0 Å². The Hall–Kier alpha value is -4.82. The summed E-state index contributed by atoms with van der Waals surface area (Å²) in [7, 11) is 0. The zero-order valence-corrected chi connectivity index (χ0v) is 19.4. The van der Waals surface area contributed by atoms with Gasteiger partial charge in [-0.1, -0.05) is 84.9 Å². The van der Waals surface area contributed by atoms with Crippen molar-refractivity contribution in [1.29, 1.82) is 0 Å². The van der Waals surface area contributed by atoms with Crippen molar-refractivity contribution < 1.29 is 0 Å². The SMILES string of the molecule is c1ccc2c(c1)ccc1c2c2cc(-n3c4ccccc4c4ccccc43)cc3c4ccccc4n1c32. The van der Waals surface area contributed by atoms with Gasteiger partial charge in [-0.05, 0) is 47.2 Å². The third kappa shape index (κ3) is 2.14. The molecular weight excluding hydrogens is 436 g/mol. The Kier molecular flexibility index (Phi) is 3.31. The molecular formula is C34H20N2. The predicted octanol–water partition coefficient (Wildman–Crippen LogP) is 9.09. The molecule has 6 aromatic carbocycles. The molecule has 3 aromatic heterocycles. The van der Waals surface area contributed by atoms with Crippen molar-refractivity contribution in [2.45, 2.75) is 0 Å².